The van der Waals surface area contributed by atoms with Crippen LogP contribution in [0.15, 0.2) is 70.6 Å². The Balaban J connectivity index is 1.81. The van der Waals surface area contributed by atoms with Gasteiger partial charge in [-0.1, -0.05) is 70.7 Å². The molecule has 1 heterocycles. The van der Waals surface area contributed by atoms with Gasteiger partial charge in [0.05, 0.1) is 25.8 Å². The molecular formula is C21H13Cl4NS. The van der Waals surface area contributed by atoms with Crippen LogP contribution in [-0.2, 0) is 0 Å². The molecule has 1 atom stereocenters. The van der Waals surface area contributed by atoms with Crippen molar-refractivity contribution in [1.29, 1.82) is 0 Å². The molecule has 0 bridgehead atoms. The lowest BCUT2D eigenvalue weighted by molar-refractivity contribution is 1.01. The zero-order chi connectivity index (χ0) is 19.0. The van der Waals surface area contributed by atoms with Gasteiger partial charge >= 0.3 is 0 Å². The molecule has 3 aromatic carbocycles. The number of fused-ring (bicyclic) bond motifs is 1. The van der Waals surface area contributed by atoms with Crippen LogP contribution in [0.25, 0.3) is 0 Å². The Bertz CT molecular complexity index is 1050. The van der Waals surface area contributed by atoms with E-state index in [2.05, 4.69) is 6.07 Å². The summed E-state index contributed by atoms with van der Waals surface area (Å²) in [5.41, 5.74) is 3.99. The first kappa shape index (κ1) is 19.2. The first-order valence-electron chi connectivity index (χ1n) is 8.25. The largest absolute Gasteiger partial charge is 0.252 e. The van der Waals surface area contributed by atoms with Gasteiger partial charge in [0.1, 0.15) is 0 Å². The van der Waals surface area contributed by atoms with Crippen LogP contribution in [0.4, 0.5) is 5.69 Å². The Morgan fingerprint density at radius 1 is 0.778 bits per heavy atom. The third kappa shape index (κ3) is 4.16. The lowest BCUT2D eigenvalue weighted by Gasteiger charge is -2.17. The Hall–Kier alpha value is -1.16. The molecule has 136 valence electrons. The molecule has 3 aromatic rings. The van der Waals surface area contributed by atoms with Crippen molar-refractivity contribution >= 4 is 69.6 Å². The summed E-state index contributed by atoms with van der Waals surface area (Å²) in [4.78, 5) is 6.06. The van der Waals surface area contributed by atoms with Gasteiger partial charge in [0, 0.05) is 22.3 Å². The number of benzene rings is 3. The molecule has 0 radical (unpaired) electrons. The maximum absolute atomic E-state index is 6.26. The molecule has 27 heavy (non-hydrogen) atoms. The van der Waals surface area contributed by atoms with E-state index in [0.29, 0.717) is 20.1 Å². The van der Waals surface area contributed by atoms with Crippen LogP contribution in [0.3, 0.4) is 0 Å². The second-order valence-corrected chi connectivity index (χ2v) is 9.01. The molecule has 1 aliphatic heterocycles. The topological polar surface area (TPSA) is 12.4 Å². The van der Waals surface area contributed by atoms with E-state index >= 15 is 0 Å². The minimum absolute atomic E-state index is 0.150. The fraction of sp³-hybridized carbons (Fsp3) is 0.0952. The lowest BCUT2D eigenvalue weighted by Crippen LogP contribution is -2.05. The summed E-state index contributed by atoms with van der Waals surface area (Å²) in [5, 5.41) is 2.31. The van der Waals surface area contributed by atoms with E-state index in [4.69, 9.17) is 51.4 Å². The van der Waals surface area contributed by atoms with E-state index in [1.54, 1.807) is 17.8 Å². The Morgan fingerprint density at radius 2 is 1.48 bits per heavy atom. The minimum atomic E-state index is 0.150. The van der Waals surface area contributed by atoms with Crippen LogP contribution in [0.1, 0.15) is 22.8 Å². The molecule has 1 nitrogen and oxygen atoms in total. The van der Waals surface area contributed by atoms with Crippen molar-refractivity contribution in [2.75, 3.05) is 0 Å². The van der Waals surface area contributed by atoms with Crippen LogP contribution in [0.5, 0.6) is 0 Å². The van der Waals surface area contributed by atoms with Gasteiger partial charge in [-0.25, -0.2) is 0 Å². The lowest BCUT2D eigenvalue weighted by atomic mass is 10.0. The van der Waals surface area contributed by atoms with Crippen LogP contribution in [0.2, 0.25) is 20.1 Å². The van der Waals surface area contributed by atoms with E-state index < -0.39 is 0 Å². The summed E-state index contributed by atoms with van der Waals surface area (Å²) < 4.78 is 0. The third-order valence-electron chi connectivity index (χ3n) is 4.34. The molecule has 6 heteroatoms. The molecule has 0 N–H and O–H groups in total. The molecule has 0 unspecified atom stereocenters. The average Bonchev–Trinajstić information content (AvgIpc) is 2.86. The van der Waals surface area contributed by atoms with Crippen LogP contribution >= 0.6 is 58.2 Å². The quantitative estimate of drug-likeness (QED) is 0.378. The maximum atomic E-state index is 6.26. The zero-order valence-corrected chi connectivity index (χ0v) is 17.8. The highest BCUT2D eigenvalue weighted by Gasteiger charge is 2.23. The normalized spacial score (nSPS) is 16.4. The molecule has 0 aliphatic carbocycles. The Kier molecular flexibility index (Phi) is 5.73. The zero-order valence-electron chi connectivity index (χ0n) is 13.9. The van der Waals surface area contributed by atoms with Crippen molar-refractivity contribution in [1.82, 2.24) is 0 Å². The molecule has 0 spiro atoms. The summed E-state index contributed by atoms with van der Waals surface area (Å²) in [5.74, 6) is 0. The van der Waals surface area contributed by atoms with Crippen LogP contribution in [-0.4, -0.2) is 5.71 Å². The van der Waals surface area contributed by atoms with Crippen LogP contribution < -0.4 is 0 Å². The number of para-hydroxylation sites is 1. The fourth-order valence-electron chi connectivity index (χ4n) is 2.97. The molecule has 0 saturated heterocycles. The Labute approximate surface area is 182 Å². The van der Waals surface area contributed by atoms with Crippen molar-refractivity contribution in [2.45, 2.75) is 16.6 Å². The standard InChI is InChI=1S/C21H13Cl4NS/c22-14-7-5-12(9-16(14)24)19-11-21(13-6-8-15(23)17(25)10-13)27-20-4-2-1-3-18(20)26-19/h1-10,21H,11H2/t21-/m1/s1. The second kappa shape index (κ2) is 8.06. The van der Waals surface area contributed by atoms with Crippen molar-refractivity contribution < 1.29 is 0 Å². The number of aliphatic imine (C=N–C) groups is 1. The molecule has 0 aromatic heterocycles. The van der Waals surface area contributed by atoms with Gasteiger partial charge in [-0.3, -0.25) is 4.99 Å². The van der Waals surface area contributed by atoms with Gasteiger partial charge in [-0.05, 0) is 47.5 Å². The van der Waals surface area contributed by atoms with Crippen molar-refractivity contribution in [3.8, 4) is 0 Å². The minimum Gasteiger partial charge on any atom is -0.252 e. The molecule has 1 aliphatic rings. The van der Waals surface area contributed by atoms with Crippen molar-refractivity contribution in [2.24, 2.45) is 4.99 Å². The Morgan fingerprint density at radius 3 is 2.22 bits per heavy atom. The summed E-state index contributed by atoms with van der Waals surface area (Å²) in [6.07, 6.45) is 0.731. The maximum Gasteiger partial charge on any atom is 0.0769 e. The van der Waals surface area contributed by atoms with E-state index in [0.717, 1.165) is 33.8 Å². The van der Waals surface area contributed by atoms with Gasteiger partial charge in [0.15, 0.2) is 0 Å². The highest BCUT2D eigenvalue weighted by Crippen LogP contribution is 2.46. The van der Waals surface area contributed by atoms with Crippen molar-refractivity contribution in [3.63, 3.8) is 0 Å². The predicted molar refractivity (Wildman–Crippen MR) is 119 cm³/mol. The number of halogens is 4. The molecule has 0 amide bonds. The number of rotatable bonds is 2. The van der Waals surface area contributed by atoms with Gasteiger partial charge in [0.25, 0.3) is 0 Å². The predicted octanol–water partition coefficient (Wildman–Crippen LogP) is 8.66. The number of hydrogen-bond donors (Lipinski definition) is 0. The first-order chi connectivity index (χ1) is 13.0. The summed E-state index contributed by atoms with van der Waals surface area (Å²) >= 11 is 26.5. The SMILES string of the molecule is Clc1ccc(C2=Nc3ccccc3S[C@@H](c3ccc(Cl)c(Cl)c3)C2)cc1Cl. The third-order valence-corrected chi connectivity index (χ3v) is 7.14. The van der Waals surface area contributed by atoms with E-state index in [1.807, 2.05) is 48.5 Å². The van der Waals surface area contributed by atoms with Crippen molar-refractivity contribution in [3.05, 3.63) is 91.9 Å². The van der Waals surface area contributed by atoms with E-state index in [9.17, 15) is 0 Å². The summed E-state index contributed by atoms with van der Waals surface area (Å²) in [6.45, 7) is 0. The van der Waals surface area contributed by atoms with Gasteiger partial charge in [-0.15, -0.1) is 11.8 Å². The number of hydrogen-bond acceptors (Lipinski definition) is 2. The second-order valence-electron chi connectivity index (χ2n) is 6.14. The molecular weight excluding hydrogens is 440 g/mol. The molecule has 0 fully saturated rings. The average molecular weight is 453 g/mol. The highest BCUT2D eigenvalue weighted by atomic mass is 35.5. The summed E-state index contributed by atoms with van der Waals surface area (Å²) in [7, 11) is 0. The molecule has 0 saturated carbocycles. The summed E-state index contributed by atoms with van der Waals surface area (Å²) in [6, 6.07) is 19.6. The fourth-order valence-corrected chi connectivity index (χ4v) is 4.79. The monoisotopic (exact) mass is 451 g/mol. The van der Waals surface area contributed by atoms with Gasteiger partial charge in [0.2, 0.25) is 0 Å². The smallest absolute Gasteiger partial charge is 0.0769 e. The first-order valence-corrected chi connectivity index (χ1v) is 10.6. The van der Waals surface area contributed by atoms with E-state index in [1.165, 1.54) is 0 Å². The van der Waals surface area contributed by atoms with E-state index in [-0.39, 0.29) is 5.25 Å². The van der Waals surface area contributed by atoms with Gasteiger partial charge < -0.3 is 0 Å². The van der Waals surface area contributed by atoms with Gasteiger partial charge in [-0.2, -0.15) is 0 Å². The molecule has 4 rings (SSSR count). The number of thioether (sulfide) groups is 1. The van der Waals surface area contributed by atoms with Crippen LogP contribution in [0, 0.1) is 0 Å². The highest BCUT2D eigenvalue weighted by molar-refractivity contribution is 7.99. The number of nitrogens with zero attached hydrogens (tertiary/aromatic N) is 1.